The van der Waals surface area contributed by atoms with Gasteiger partial charge in [-0.3, -0.25) is 4.79 Å². The van der Waals surface area contributed by atoms with Gasteiger partial charge in [0, 0.05) is 18.1 Å². The summed E-state index contributed by atoms with van der Waals surface area (Å²) in [5.41, 5.74) is 0.800. The Morgan fingerprint density at radius 1 is 1.41 bits per heavy atom. The molecule has 1 aromatic heterocycles. The van der Waals surface area contributed by atoms with Crippen molar-refractivity contribution in [2.45, 2.75) is 19.9 Å². The van der Waals surface area contributed by atoms with Gasteiger partial charge in [0.05, 0.1) is 18.5 Å². The van der Waals surface area contributed by atoms with Gasteiger partial charge < -0.3 is 9.30 Å². The molecule has 0 bridgehead atoms. The Bertz CT molecular complexity index is 533. The number of aromatic nitrogens is 1. The zero-order chi connectivity index (χ0) is 12.3. The van der Waals surface area contributed by atoms with Gasteiger partial charge in [0.15, 0.2) is 0 Å². The Balaban J connectivity index is 2.14. The molecule has 0 saturated carbocycles. The average Bonchev–Trinajstić information content (AvgIpc) is 2.72. The normalized spacial score (nSPS) is 10.7. The molecule has 1 heterocycles. The van der Waals surface area contributed by atoms with Crippen molar-refractivity contribution in [3.8, 4) is 0 Å². The number of hydrogen-bond donors (Lipinski definition) is 0. The van der Waals surface area contributed by atoms with E-state index in [9.17, 15) is 9.18 Å². The van der Waals surface area contributed by atoms with E-state index in [1.54, 1.807) is 25.3 Å². The zero-order valence-electron chi connectivity index (χ0n) is 9.65. The Hall–Kier alpha value is -1.84. The highest BCUT2D eigenvalue weighted by Crippen LogP contribution is 2.19. The Labute approximate surface area is 98.8 Å². The van der Waals surface area contributed by atoms with Gasteiger partial charge in [-0.2, -0.15) is 0 Å². The fraction of sp³-hybridized carbons (Fsp3) is 0.308. The molecule has 2 rings (SSSR count). The van der Waals surface area contributed by atoms with Crippen molar-refractivity contribution < 1.29 is 13.9 Å². The van der Waals surface area contributed by atoms with Crippen molar-refractivity contribution in [2.24, 2.45) is 0 Å². The van der Waals surface area contributed by atoms with E-state index in [0.29, 0.717) is 25.0 Å². The molecule has 0 atom stereocenters. The Morgan fingerprint density at radius 3 is 3.00 bits per heavy atom. The van der Waals surface area contributed by atoms with Crippen molar-refractivity contribution >= 4 is 16.9 Å². The fourth-order valence-electron chi connectivity index (χ4n) is 1.83. The lowest BCUT2D eigenvalue weighted by molar-refractivity contribution is -0.143. The molecule has 0 aliphatic carbocycles. The van der Waals surface area contributed by atoms with Gasteiger partial charge in [0.2, 0.25) is 0 Å². The molecule has 0 unspecified atom stereocenters. The second-order valence-electron chi connectivity index (χ2n) is 3.74. The summed E-state index contributed by atoms with van der Waals surface area (Å²) in [6, 6.07) is 6.65. The summed E-state index contributed by atoms with van der Waals surface area (Å²) in [6.45, 7) is 2.67. The van der Waals surface area contributed by atoms with E-state index in [4.69, 9.17) is 4.74 Å². The Kier molecular flexibility index (Phi) is 3.42. The van der Waals surface area contributed by atoms with Crippen molar-refractivity contribution in [1.29, 1.82) is 0 Å². The zero-order valence-corrected chi connectivity index (χ0v) is 9.65. The number of nitrogens with zero attached hydrogens (tertiary/aromatic N) is 1. The second kappa shape index (κ2) is 4.99. The van der Waals surface area contributed by atoms with Crippen LogP contribution in [0.1, 0.15) is 13.3 Å². The summed E-state index contributed by atoms with van der Waals surface area (Å²) >= 11 is 0. The summed E-state index contributed by atoms with van der Waals surface area (Å²) in [7, 11) is 0. The number of benzene rings is 1. The number of fused-ring (bicyclic) bond motifs is 1. The quantitative estimate of drug-likeness (QED) is 0.763. The minimum Gasteiger partial charge on any atom is -0.466 e. The highest BCUT2D eigenvalue weighted by molar-refractivity contribution is 5.81. The largest absolute Gasteiger partial charge is 0.466 e. The predicted octanol–water partition coefficient (Wildman–Crippen LogP) is 2.73. The molecule has 0 aliphatic rings. The van der Waals surface area contributed by atoms with E-state index >= 15 is 0 Å². The molecule has 1 aromatic carbocycles. The molecule has 0 fully saturated rings. The topological polar surface area (TPSA) is 31.2 Å². The first-order chi connectivity index (χ1) is 8.22. The molecule has 0 N–H and O–H groups in total. The van der Waals surface area contributed by atoms with E-state index in [-0.39, 0.29) is 11.8 Å². The van der Waals surface area contributed by atoms with Crippen molar-refractivity contribution in [3.63, 3.8) is 0 Å². The summed E-state index contributed by atoms with van der Waals surface area (Å²) < 4.78 is 20.1. The van der Waals surface area contributed by atoms with Crippen LogP contribution in [0.15, 0.2) is 30.5 Å². The molecule has 4 heteroatoms. The molecular weight excluding hydrogens is 221 g/mol. The number of carbonyl (C=O) groups is 1. The van der Waals surface area contributed by atoms with Crippen LogP contribution in [0.3, 0.4) is 0 Å². The van der Waals surface area contributed by atoms with Gasteiger partial charge in [-0.05, 0) is 25.1 Å². The maximum absolute atomic E-state index is 13.4. The minimum absolute atomic E-state index is 0.231. The third-order valence-corrected chi connectivity index (χ3v) is 2.62. The lowest BCUT2D eigenvalue weighted by Gasteiger charge is -2.05. The third kappa shape index (κ3) is 2.46. The monoisotopic (exact) mass is 235 g/mol. The van der Waals surface area contributed by atoms with Gasteiger partial charge in [0.1, 0.15) is 5.82 Å². The second-order valence-corrected chi connectivity index (χ2v) is 3.74. The van der Waals surface area contributed by atoms with Crippen LogP contribution in [0, 0.1) is 5.82 Å². The number of esters is 1. The van der Waals surface area contributed by atoms with Crippen LogP contribution in [0.2, 0.25) is 0 Å². The Morgan fingerprint density at radius 2 is 2.24 bits per heavy atom. The van der Waals surface area contributed by atoms with E-state index in [1.165, 1.54) is 6.07 Å². The van der Waals surface area contributed by atoms with Gasteiger partial charge in [-0.1, -0.05) is 6.07 Å². The van der Waals surface area contributed by atoms with Crippen LogP contribution in [0.4, 0.5) is 4.39 Å². The first-order valence-electron chi connectivity index (χ1n) is 5.61. The molecule has 2 aromatic rings. The summed E-state index contributed by atoms with van der Waals surface area (Å²) in [4.78, 5) is 11.2. The molecule has 3 nitrogen and oxygen atoms in total. The molecule has 90 valence electrons. The molecule has 17 heavy (non-hydrogen) atoms. The van der Waals surface area contributed by atoms with Gasteiger partial charge in [-0.15, -0.1) is 0 Å². The summed E-state index contributed by atoms with van der Waals surface area (Å²) in [6.07, 6.45) is 2.08. The summed E-state index contributed by atoms with van der Waals surface area (Å²) in [5.74, 6) is -0.469. The SMILES string of the molecule is CCOC(=O)CCn1ccc2c(F)cccc21. The van der Waals surface area contributed by atoms with Gasteiger partial charge >= 0.3 is 5.97 Å². The fourth-order valence-corrected chi connectivity index (χ4v) is 1.83. The van der Waals surface area contributed by atoms with Crippen LogP contribution >= 0.6 is 0 Å². The lowest BCUT2D eigenvalue weighted by atomic mass is 10.2. The number of aryl methyl sites for hydroxylation is 1. The number of ether oxygens (including phenoxy) is 1. The molecule has 0 amide bonds. The number of hydrogen-bond acceptors (Lipinski definition) is 2. The third-order valence-electron chi connectivity index (χ3n) is 2.62. The van der Waals surface area contributed by atoms with Crippen LogP contribution in [0.25, 0.3) is 10.9 Å². The van der Waals surface area contributed by atoms with E-state index in [2.05, 4.69) is 0 Å². The minimum atomic E-state index is -0.239. The molecule has 0 radical (unpaired) electrons. The highest BCUT2D eigenvalue weighted by Gasteiger charge is 2.07. The molecule has 0 spiro atoms. The summed E-state index contributed by atoms with van der Waals surface area (Å²) in [5, 5.41) is 0.580. The first kappa shape index (κ1) is 11.6. The average molecular weight is 235 g/mol. The highest BCUT2D eigenvalue weighted by atomic mass is 19.1. The van der Waals surface area contributed by atoms with Crippen LogP contribution < -0.4 is 0 Å². The van der Waals surface area contributed by atoms with Crippen molar-refractivity contribution in [1.82, 2.24) is 4.57 Å². The number of carbonyl (C=O) groups excluding carboxylic acids is 1. The van der Waals surface area contributed by atoms with E-state index in [0.717, 1.165) is 5.52 Å². The van der Waals surface area contributed by atoms with Gasteiger partial charge in [0.25, 0.3) is 0 Å². The smallest absolute Gasteiger partial charge is 0.307 e. The van der Waals surface area contributed by atoms with Crippen molar-refractivity contribution in [3.05, 3.63) is 36.3 Å². The van der Waals surface area contributed by atoms with E-state index in [1.807, 2.05) is 10.6 Å². The predicted molar refractivity (Wildman–Crippen MR) is 63.1 cm³/mol. The van der Waals surface area contributed by atoms with Crippen LogP contribution in [-0.2, 0) is 16.1 Å². The first-order valence-corrected chi connectivity index (χ1v) is 5.61. The lowest BCUT2D eigenvalue weighted by Crippen LogP contribution is -2.08. The maximum atomic E-state index is 13.4. The maximum Gasteiger partial charge on any atom is 0.307 e. The standard InChI is InChI=1S/C13H14FNO2/c1-2-17-13(16)7-9-15-8-6-10-11(14)4-3-5-12(10)15/h3-6,8H,2,7,9H2,1H3. The van der Waals surface area contributed by atoms with E-state index < -0.39 is 0 Å². The van der Waals surface area contributed by atoms with Crippen LogP contribution in [0.5, 0.6) is 0 Å². The number of halogens is 1. The number of rotatable bonds is 4. The van der Waals surface area contributed by atoms with Crippen LogP contribution in [-0.4, -0.2) is 17.1 Å². The van der Waals surface area contributed by atoms with Crippen molar-refractivity contribution in [2.75, 3.05) is 6.61 Å². The molecule has 0 saturated heterocycles. The molecular formula is C13H14FNO2. The van der Waals surface area contributed by atoms with Gasteiger partial charge in [-0.25, -0.2) is 4.39 Å². The molecule has 0 aliphatic heterocycles.